The number of amides is 1. The molecule has 0 saturated heterocycles. The Hall–Kier alpha value is -1.59. The SMILES string of the molecule is COc1cccc(CNC(=O)CC(CN)OC)c1. The van der Waals surface area contributed by atoms with Gasteiger partial charge in [-0.15, -0.1) is 0 Å². The quantitative estimate of drug-likeness (QED) is 0.748. The number of hydrogen-bond acceptors (Lipinski definition) is 4. The van der Waals surface area contributed by atoms with Gasteiger partial charge in [0.05, 0.1) is 19.6 Å². The Morgan fingerprint density at radius 2 is 2.22 bits per heavy atom. The number of ether oxygens (including phenoxy) is 2. The van der Waals surface area contributed by atoms with Crippen LogP contribution in [0, 0.1) is 0 Å². The minimum absolute atomic E-state index is 0.0740. The molecule has 1 aromatic carbocycles. The smallest absolute Gasteiger partial charge is 0.222 e. The molecular weight excluding hydrogens is 232 g/mol. The van der Waals surface area contributed by atoms with Crippen molar-refractivity contribution in [2.75, 3.05) is 20.8 Å². The fourth-order valence-electron chi connectivity index (χ4n) is 1.52. The van der Waals surface area contributed by atoms with Crippen molar-refractivity contribution < 1.29 is 14.3 Å². The van der Waals surface area contributed by atoms with Crippen molar-refractivity contribution in [1.29, 1.82) is 0 Å². The highest BCUT2D eigenvalue weighted by Gasteiger charge is 2.10. The summed E-state index contributed by atoms with van der Waals surface area (Å²) in [6, 6.07) is 7.56. The van der Waals surface area contributed by atoms with Crippen LogP contribution in [0.1, 0.15) is 12.0 Å². The van der Waals surface area contributed by atoms with Crippen LogP contribution >= 0.6 is 0 Å². The van der Waals surface area contributed by atoms with E-state index in [1.165, 1.54) is 0 Å². The third-order valence-electron chi connectivity index (χ3n) is 2.63. The van der Waals surface area contributed by atoms with E-state index < -0.39 is 0 Å². The number of nitrogens with one attached hydrogen (secondary N) is 1. The fraction of sp³-hybridized carbons (Fsp3) is 0.462. The standard InChI is InChI=1S/C13H20N2O3/c1-17-11-5-3-4-10(6-11)9-15-13(16)7-12(8-14)18-2/h3-6,12H,7-9,14H2,1-2H3,(H,15,16). The summed E-state index contributed by atoms with van der Waals surface area (Å²) < 4.78 is 10.2. The fourth-order valence-corrected chi connectivity index (χ4v) is 1.52. The Balaban J connectivity index is 2.42. The summed E-state index contributed by atoms with van der Waals surface area (Å²) in [5.74, 6) is 0.702. The van der Waals surface area contributed by atoms with Crippen LogP contribution in [-0.4, -0.2) is 32.8 Å². The minimum atomic E-state index is -0.227. The van der Waals surface area contributed by atoms with Crippen LogP contribution in [0.4, 0.5) is 0 Å². The second kappa shape index (κ2) is 7.68. The summed E-state index contributed by atoms with van der Waals surface area (Å²) in [7, 11) is 3.16. The van der Waals surface area contributed by atoms with Gasteiger partial charge < -0.3 is 20.5 Å². The van der Waals surface area contributed by atoms with E-state index in [1.54, 1.807) is 14.2 Å². The van der Waals surface area contributed by atoms with Crippen molar-refractivity contribution in [2.24, 2.45) is 5.73 Å². The highest BCUT2D eigenvalue weighted by Crippen LogP contribution is 2.12. The van der Waals surface area contributed by atoms with Gasteiger partial charge >= 0.3 is 0 Å². The van der Waals surface area contributed by atoms with Gasteiger partial charge in [-0.1, -0.05) is 12.1 Å². The molecule has 0 heterocycles. The number of nitrogens with two attached hydrogens (primary N) is 1. The molecule has 18 heavy (non-hydrogen) atoms. The minimum Gasteiger partial charge on any atom is -0.497 e. The van der Waals surface area contributed by atoms with Crippen LogP contribution in [0.25, 0.3) is 0 Å². The van der Waals surface area contributed by atoms with Crippen molar-refractivity contribution >= 4 is 5.91 Å². The van der Waals surface area contributed by atoms with E-state index >= 15 is 0 Å². The summed E-state index contributed by atoms with van der Waals surface area (Å²) in [5.41, 5.74) is 6.45. The van der Waals surface area contributed by atoms with E-state index in [0.29, 0.717) is 13.1 Å². The molecule has 0 spiro atoms. The van der Waals surface area contributed by atoms with Crippen LogP contribution < -0.4 is 15.8 Å². The predicted octanol–water partition coefficient (Wildman–Crippen LogP) is 0.675. The zero-order chi connectivity index (χ0) is 13.4. The highest BCUT2D eigenvalue weighted by atomic mass is 16.5. The van der Waals surface area contributed by atoms with Crippen LogP contribution in [-0.2, 0) is 16.1 Å². The maximum atomic E-state index is 11.6. The predicted molar refractivity (Wildman–Crippen MR) is 69.3 cm³/mol. The molecule has 1 rings (SSSR count). The first-order chi connectivity index (χ1) is 8.69. The van der Waals surface area contributed by atoms with E-state index in [4.69, 9.17) is 15.2 Å². The molecule has 5 heteroatoms. The molecule has 0 bridgehead atoms. The third kappa shape index (κ3) is 4.73. The zero-order valence-corrected chi connectivity index (χ0v) is 10.8. The Bertz CT molecular complexity index is 378. The van der Waals surface area contributed by atoms with Crippen molar-refractivity contribution in [3.63, 3.8) is 0 Å². The average molecular weight is 252 g/mol. The monoisotopic (exact) mass is 252 g/mol. The first-order valence-electron chi connectivity index (χ1n) is 5.82. The normalized spacial score (nSPS) is 11.9. The third-order valence-corrected chi connectivity index (χ3v) is 2.63. The van der Waals surface area contributed by atoms with Crippen LogP contribution in [0.3, 0.4) is 0 Å². The van der Waals surface area contributed by atoms with Gasteiger partial charge in [-0.05, 0) is 17.7 Å². The van der Waals surface area contributed by atoms with Gasteiger partial charge in [0, 0.05) is 20.2 Å². The Labute approximate surface area is 107 Å². The number of benzene rings is 1. The van der Waals surface area contributed by atoms with Crippen molar-refractivity contribution in [2.45, 2.75) is 19.1 Å². The number of carbonyl (C=O) groups is 1. The van der Waals surface area contributed by atoms with Crippen LogP contribution in [0.2, 0.25) is 0 Å². The molecule has 0 aliphatic carbocycles. The lowest BCUT2D eigenvalue weighted by atomic mass is 10.2. The van der Waals surface area contributed by atoms with E-state index in [0.717, 1.165) is 11.3 Å². The van der Waals surface area contributed by atoms with Gasteiger partial charge in [0.2, 0.25) is 5.91 Å². The first kappa shape index (κ1) is 14.5. The molecule has 0 saturated carbocycles. The molecule has 0 aromatic heterocycles. The molecule has 0 aliphatic heterocycles. The summed E-state index contributed by atoms with van der Waals surface area (Å²) in [6.45, 7) is 0.806. The molecular formula is C13H20N2O3. The molecule has 0 aliphatic rings. The van der Waals surface area contributed by atoms with Gasteiger partial charge in [-0.25, -0.2) is 0 Å². The molecule has 1 atom stereocenters. The first-order valence-corrected chi connectivity index (χ1v) is 5.82. The number of rotatable bonds is 7. The van der Waals surface area contributed by atoms with Crippen LogP contribution in [0.15, 0.2) is 24.3 Å². The highest BCUT2D eigenvalue weighted by molar-refractivity contribution is 5.76. The molecule has 0 fully saturated rings. The number of hydrogen-bond donors (Lipinski definition) is 2. The number of carbonyl (C=O) groups excluding carboxylic acids is 1. The van der Waals surface area contributed by atoms with Gasteiger partial charge in [0.15, 0.2) is 0 Å². The summed E-state index contributed by atoms with van der Waals surface area (Å²) in [5, 5.41) is 2.82. The van der Waals surface area contributed by atoms with Gasteiger partial charge in [-0.2, -0.15) is 0 Å². The zero-order valence-electron chi connectivity index (χ0n) is 10.8. The molecule has 0 radical (unpaired) electrons. The second-order valence-electron chi connectivity index (χ2n) is 3.93. The number of methoxy groups -OCH3 is 2. The summed E-state index contributed by atoms with van der Waals surface area (Å²) in [6.07, 6.45) is 0.0482. The van der Waals surface area contributed by atoms with Gasteiger partial charge in [0.25, 0.3) is 0 Å². The maximum absolute atomic E-state index is 11.6. The van der Waals surface area contributed by atoms with E-state index in [1.807, 2.05) is 24.3 Å². The topological polar surface area (TPSA) is 73.6 Å². The van der Waals surface area contributed by atoms with E-state index in [9.17, 15) is 4.79 Å². The van der Waals surface area contributed by atoms with Crippen molar-refractivity contribution in [3.8, 4) is 5.75 Å². The lowest BCUT2D eigenvalue weighted by Crippen LogP contribution is -2.31. The summed E-state index contributed by atoms with van der Waals surface area (Å²) >= 11 is 0. The molecule has 1 amide bonds. The lowest BCUT2D eigenvalue weighted by molar-refractivity contribution is -0.123. The Kier molecular flexibility index (Phi) is 6.18. The lowest BCUT2D eigenvalue weighted by Gasteiger charge is -2.12. The molecule has 100 valence electrons. The molecule has 3 N–H and O–H groups in total. The average Bonchev–Trinajstić information content (AvgIpc) is 2.42. The molecule has 1 aromatic rings. The largest absolute Gasteiger partial charge is 0.497 e. The van der Waals surface area contributed by atoms with Crippen molar-refractivity contribution in [1.82, 2.24) is 5.32 Å². The molecule has 1 unspecified atom stereocenters. The summed E-state index contributed by atoms with van der Waals surface area (Å²) in [4.78, 5) is 11.6. The van der Waals surface area contributed by atoms with Gasteiger partial charge in [0.1, 0.15) is 5.75 Å². The van der Waals surface area contributed by atoms with Crippen LogP contribution in [0.5, 0.6) is 5.75 Å². The Morgan fingerprint density at radius 3 is 2.83 bits per heavy atom. The second-order valence-corrected chi connectivity index (χ2v) is 3.93. The van der Waals surface area contributed by atoms with Crippen molar-refractivity contribution in [3.05, 3.63) is 29.8 Å². The van der Waals surface area contributed by atoms with Gasteiger partial charge in [-0.3, -0.25) is 4.79 Å². The van der Waals surface area contributed by atoms with E-state index in [2.05, 4.69) is 5.32 Å². The Morgan fingerprint density at radius 1 is 1.44 bits per heavy atom. The van der Waals surface area contributed by atoms with E-state index in [-0.39, 0.29) is 18.4 Å². The molecule has 5 nitrogen and oxygen atoms in total. The maximum Gasteiger partial charge on any atom is 0.222 e.